The maximum absolute atomic E-state index is 12.6. The van der Waals surface area contributed by atoms with Crippen molar-refractivity contribution >= 4 is 19.8 Å². The summed E-state index contributed by atoms with van der Waals surface area (Å²) in [6.45, 7) is 4.18. The van der Waals surface area contributed by atoms with E-state index in [2.05, 4.69) is 80.7 Å². The molecule has 0 saturated carbocycles. The highest BCUT2D eigenvalue weighted by molar-refractivity contribution is 7.47. The minimum atomic E-state index is -4.39. The minimum absolute atomic E-state index is 0.0126. The molecule has 0 amide bonds. The van der Waals surface area contributed by atoms with Crippen LogP contribution in [0.5, 0.6) is 0 Å². The summed E-state index contributed by atoms with van der Waals surface area (Å²) in [5.41, 5.74) is 0. The van der Waals surface area contributed by atoms with Crippen LogP contribution < -0.4 is 0 Å². The Kier molecular flexibility index (Phi) is 39.7. The number of nitrogens with zero attached hydrogens (tertiary/aromatic N) is 1. The van der Waals surface area contributed by atoms with Crippen molar-refractivity contribution in [2.45, 2.75) is 174 Å². The number of phosphoric ester groups is 1. The first-order valence-electron chi connectivity index (χ1n) is 22.2. The van der Waals surface area contributed by atoms with E-state index in [1.54, 1.807) is 4.90 Å². The molecule has 9 nitrogen and oxygen atoms in total. The molecule has 1 N–H and O–H groups in total. The van der Waals surface area contributed by atoms with E-state index in [9.17, 15) is 19.0 Å². The van der Waals surface area contributed by atoms with Gasteiger partial charge in [0, 0.05) is 19.4 Å². The van der Waals surface area contributed by atoms with Gasteiger partial charge >= 0.3 is 19.8 Å². The molecule has 0 aromatic carbocycles. The predicted octanol–water partition coefficient (Wildman–Crippen LogP) is 12.9. The van der Waals surface area contributed by atoms with Gasteiger partial charge in [0.2, 0.25) is 0 Å². The Morgan fingerprint density at radius 2 is 0.947 bits per heavy atom. The van der Waals surface area contributed by atoms with Crippen LogP contribution in [0.25, 0.3) is 0 Å². The Balaban J connectivity index is 4.47. The summed E-state index contributed by atoms with van der Waals surface area (Å²) in [6, 6.07) is 0. The molecule has 0 aliphatic heterocycles. The number of ether oxygens (including phenoxy) is 2. The molecule has 0 aromatic rings. The zero-order valence-electron chi connectivity index (χ0n) is 36.5. The Labute approximate surface area is 348 Å². The van der Waals surface area contributed by atoms with E-state index in [0.29, 0.717) is 25.8 Å². The van der Waals surface area contributed by atoms with E-state index in [4.69, 9.17) is 18.5 Å². The number of hydrogen-bond acceptors (Lipinski definition) is 8. The second-order valence-electron chi connectivity index (χ2n) is 14.9. The fourth-order valence-electron chi connectivity index (χ4n) is 5.54. The van der Waals surface area contributed by atoms with E-state index in [-0.39, 0.29) is 26.1 Å². The third kappa shape index (κ3) is 42.9. The van der Waals surface area contributed by atoms with Gasteiger partial charge in [0.05, 0.1) is 13.2 Å². The summed E-state index contributed by atoms with van der Waals surface area (Å²) < 4.78 is 33.4. The molecule has 328 valence electrons. The summed E-state index contributed by atoms with van der Waals surface area (Å²) in [7, 11) is -0.765. The first-order valence-corrected chi connectivity index (χ1v) is 23.7. The average molecular weight is 820 g/mol. The monoisotopic (exact) mass is 820 g/mol. The number of unbranched alkanes of at least 4 members (excludes halogenated alkanes) is 14. The molecule has 0 bridgehead atoms. The van der Waals surface area contributed by atoms with E-state index >= 15 is 0 Å². The lowest BCUT2D eigenvalue weighted by atomic mass is 10.1. The quantitative estimate of drug-likeness (QED) is 0.0279. The van der Waals surface area contributed by atoms with Gasteiger partial charge < -0.3 is 19.3 Å². The highest BCUT2D eigenvalue weighted by Crippen LogP contribution is 2.43. The van der Waals surface area contributed by atoms with Crippen LogP contribution >= 0.6 is 7.82 Å². The summed E-state index contributed by atoms with van der Waals surface area (Å²) in [4.78, 5) is 37.0. The maximum atomic E-state index is 12.6. The van der Waals surface area contributed by atoms with Crippen molar-refractivity contribution in [3.8, 4) is 0 Å². The number of carbonyl (C=O) groups excluding carboxylic acids is 2. The Morgan fingerprint density at radius 1 is 0.544 bits per heavy atom. The van der Waals surface area contributed by atoms with Crippen LogP contribution in [0, 0.1) is 0 Å². The van der Waals surface area contributed by atoms with Crippen molar-refractivity contribution in [2.24, 2.45) is 0 Å². The van der Waals surface area contributed by atoms with E-state index < -0.39 is 32.5 Å². The second-order valence-corrected chi connectivity index (χ2v) is 16.3. The fourth-order valence-corrected chi connectivity index (χ4v) is 6.28. The van der Waals surface area contributed by atoms with E-state index in [0.717, 1.165) is 44.9 Å². The van der Waals surface area contributed by atoms with Gasteiger partial charge in [0.1, 0.15) is 6.61 Å². The van der Waals surface area contributed by atoms with Crippen LogP contribution in [0.4, 0.5) is 0 Å². The number of phosphoric acid groups is 1. The Bertz CT molecular complexity index is 1180. The summed E-state index contributed by atoms with van der Waals surface area (Å²) >= 11 is 0. The first kappa shape index (κ1) is 54.5. The average Bonchev–Trinajstić information content (AvgIpc) is 3.18. The number of esters is 2. The molecular formula is C47H82NO8P. The van der Waals surface area contributed by atoms with Crippen molar-refractivity contribution in [3.63, 3.8) is 0 Å². The molecule has 2 atom stereocenters. The number of likely N-dealkylation sites (N-methyl/N-ethyl adjacent to an activating group) is 1. The van der Waals surface area contributed by atoms with Crippen molar-refractivity contribution in [1.29, 1.82) is 0 Å². The molecule has 0 fully saturated rings. The summed E-state index contributed by atoms with van der Waals surface area (Å²) in [5.74, 6) is -0.930. The SMILES string of the molecule is CCCCCCCC/C=C\C/C=C\C/C=C\CCCC(=O)OCC(COP(=O)(O)OCCN(C)C)OC(=O)CCC/C=C\C/C=C\C/C=C\CCCCCCCC. The number of carbonyl (C=O) groups is 2. The van der Waals surface area contributed by atoms with E-state index in [1.807, 2.05) is 20.2 Å². The fraction of sp³-hybridized carbons (Fsp3) is 0.702. The normalized spacial score (nSPS) is 14.1. The van der Waals surface area contributed by atoms with Crippen LogP contribution in [-0.4, -0.2) is 68.3 Å². The Morgan fingerprint density at radius 3 is 1.40 bits per heavy atom. The molecule has 57 heavy (non-hydrogen) atoms. The van der Waals surface area contributed by atoms with Crippen molar-refractivity contribution in [1.82, 2.24) is 4.90 Å². The molecule has 10 heteroatoms. The molecule has 0 aliphatic rings. The van der Waals surface area contributed by atoms with Crippen molar-refractivity contribution < 1.29 is 37.6 Å². The molecule has 0 aromatic heterocycles. The smallest absolute Gasteiger partial charge is 0.462 e. The second kappa shape index (κ2) is 41.6. The highest BCUT2D eigenvalue weighted by Gasteiger charge is 2.26. The van der Waals surface area contributed by atoms with Gasteiger partial charge in [-0.05, 0) is 91.1 Å². The van der Waals surface area contributed by atoms with Crippen molar-refractivity contribution in [2.75, 3.05) is 40.5 Å². The van der Waals surface area contributed by atoms with E-state index in [1.165, 1.54) is 77.0 Å². The van der Waals surface area contributed by atoms with Gasteiger partial charge in [-0.15, -0.1) is 0 Å². The van der Waals surface area contributed by atoms with Gasteiger partial charge in [-0.3, -0.25) is 18.6 Å². The highest BCUT2D eigenvalue weighted by atomic mass is 31.2. The minimum Gasteiger partial charge on any atom is -0.462 e. The standard InChI is InChI=1S/C47H82NO8P/c1-5-7-9-11-13-15-17-19-21-23-25-27-29-31-33-35-37-39-46(49)53-43-45(44-55-57(51,52)54-42-41-48(3)4)56-47(50)40-38-36-34-32-30-28-26-24-22-20-18-16-14-12-10-8-6-2/h19-22,25-28,31-34,45H,5-18,23-24,29-30,35-44H2,1-4H3,(H,51,52)/b21-19-,22-20-,27-25-,28-26-,33-31-,34-32-. The number of hydrogen-bond donors (Lipinski definition) is 1. The van der Waals surface area contributed by atoms with Gasteiger partial charge in [0.15, 0.2) is 6.10 Å². The van der Waals surface area contributed by atoms with Crippen LogP contribution in [0.15, 0.2) is 72.9 Å². The number of rotatable bonds is 40. The van der Waals surface area contributed by atoms with Crippen LogP contribution in [-0.2, 0) is 32.7 Å². The van der Waals surface area contributed by atoms with Crippen LogP contribution in [0.1, 0.15) is 168 Å². The predicted molar refractivity (Wildman–Crippen MR) is 238 cm³/mol. The van der Waals surface area contributed by atoms with Crippen LogP contribution in [0.2, 0.25) is 0 Å². The summed E-state index contributed by atoms with van der Waals surface area (Å²) in [6.07, 6.45) is 49.7. The molecule has 0 spiro atoms. The molecule has 0 aliphatic carbocycles. The summed E-state index contributed by atoms with van der Waals surface area (Å²) in [5, 5.41) is 0. The molecule has 0 radical (unpaired) electrons. The molecule has 0 heterocycles. The Hall–Kier alpha value is -2.55. The zero-order chi connectivity index (χ0) is 41.9. The van der Waals surface area contributed by atoms with Gasteiger partial charge in [-0.25, -0.2) is 4.57 Å². The zero-order valence-corrected chi connectivity index (χ0v) is 37.4. The lowest BCUT2D eigenvalue weighted by Gasteiger charge is -2.20. The molecule has 0 saturated heterocycles. The van der Waals surface area contributed by atoms with Gasteiger partial charge in [-0.1, -0.05) is 151 Å². The maximum Gasteiger partial charge on any atom is 0.472 e. The first-order chi connectivity index (χ1) is 27.7. The molecule has 2 unspecified atom stereocenters. The topological polar surface area (TPSA) is 112 Å². The third-order valence-electron chi connectivity index (χ3n) is 8.99. The number of allylic oxidation sites excluding steroid dienone is 12. The third-order valence-corrected chi connectivity index (χ3v) is 9.97. The van der Waals surface area contributed by atoms with Crippen LogP contribution in [0.3, 0.4) is 0 Å². The van der Waals surface area contributed by atoms with Crippen molar-refractivity contribution in [3.05, 3.63) is 72.9 Å². The molecular weight excluding hydrogens is 737 g/mol. The molecule has 0 rings (SSSR count). The largest absolute Gasteiger partial charge is 0.472 e. The van der Waals surface area contributed by atoms with Gasteiger partial charge in [-0.2, -0.15) is 0 Å². The van der Waals surface area contributed by atoms with Gasteiger partial charge in [0.25, 0.3) is 0 Å². The lowest BCUT2D eigenvalue weighted by Crippen LogP contribution is -2.29. The lowest BCUT2D eigenvalue weighted by molar-refractivity contribution is -0.161.